The number of hydrogen-bond acceptors (Lipinski definition) is 3. The van der Waals surface area contributed by atoms with Gasteiger partial charge in [0.25, 0.3) is 5.91 Å². The van der Waals surface area contributed by atoms with E-state index in [1.54, 1.807) is 0 Å². The van der Waals surface area contributed by atoms with Gasteiger partial charge in [-0.15, -0.1) is 0 Å². The molecule has 0 atom stereocenters. The Balaban J connectivity index is 1.55. The molecule has 0 saturated heterocycles. The van der Waals surface area contributed by atoms with Crippen molar-refractivity contribution < 1.29 is 9.53 Å². The summed E-state index contributed by atoms with van der Waals surface area (Å²) in [5.74, 6) is 0.725. The third-order valence-electron chi connectivity index (χ3n) is 4.32. The highest BCUT2D eigenvalue weighted by Crippen LogP contribution is 2.28. The number of carbonyl (C=O) groups is 1. The predicted molar refractivity (Wildman–Crippen MR) is 93.5 cm³/mol. The highest BCUT2D eigenvalue weighted by molar-refractivity contribution is 5.96. The summed E-state index contributed by atoms with van der Waals surface area (Å²) >= 11 is 0. The molecule has 1 aliphatic carbocycles. The minimum Gasteiger partial charge on any atom is -0.381 e. The minimum absolute atomic E-state index is 0.0608. The molecule has 1 aliphatic rings. The number of hydrogen-bond donors (Lipinski definition) is 1. The lowest BCUT2D eigenvalue weighted by Crippen LogP contribution is -2.26. The van der Waals surface area contributed by atoms with Crippen molar-refractivity contribution in [1.29, 1.82) is 0 Å². The van der Waals surface area contributed by atoms with Crippen LogP contribution in [0.1, 0.15) is 41.0 Å². The van der Waals surface area contributed by atoms with E-state index in [0.717, 1.165) is 36.0 Å². The summed E-state index contributed by atoms with van der Waals surface area (Å²) in [7, 11) is 0. The number of nitrogens with zero attached hydrogens (tertiary/aromatic N) is 2. The molecule has 1 heterocycles. The molecule has 5 nitrogen and oxygen atoms in total. The van der Waals surface area contributed by atoms with Gasteiger partial charge in [-0.2, -0.15) is 5.10 Å². The Bertz CT molecular complexity index is 690. The van der Waals surface area contributed by atoms with E-state index >= 15 is 0 Å². The highest BCUT2D eigenvalue weighted by atomic mass is 16.5. The van der Waals surface area contributed by atoms with Gasteiger partial charge in [-0.1, -0.05) is 18.2 Å². The van der Waals surface area contributed by atoms with Gasteiger partial charge in [0.1, 0.15) is 0 Å². The van der Waals surface area contributed by atoms with Crippen LogP contribution in [0.3, 0.4) is 0 Å². The summed E-state index contributed by atoms with van der Waals surface area (Å²) in [6.07, 6.45) is 3.45. The van der Waals surface area contributed by atoms with E-state index in [2.05, 4.69) is 10.4 Å². The van der Waals surface area contributed by atoms with Crippen LogP contribution in [0.5, 0.6) is 0 Å². The number of ether oxygens (including phenoxy) is 1. The number of para-hydroxylation sites is 1. The van der Waals surface area contributed by atoms with Crippen LogP contribution >= 0.6 is 0 Å². The standard InChI is InChI=1S/C19H25N3O2/c1-14-18(15(2)22(21-14)17-7-4-3-5-8-17)19(23)20-11-6-12-24-13-16-9-10-16/h3-5,7-8,16H,6,9-13H2,1-2H3,(H,20,23). The van der Waals surface area contributed by atoms with E-state index in [0.29, 0.717) is 18.7 Å². The monoisotopic (exact) mass is 327 g/mol. The molecule has 5 heteroatoms. The second-order valence-electron chi connectivity index (χ2n) is 6.42. The van der Waals surface area contributed by atoms with Crippen molar-refractivity contribution in [2.75, 3.05) is 19.8 Å². The zero-order valence-electron chi connectivity index (χ0n) is 14.4. The van der Waals surface area contributed by atoms with Crippen molar-refractivity contribution in [2.45, 2.75) is 33.1 Å². The van der Waals surface area contributed by atoms with Crippen LogP contribution in [0.2, 0.25) is 0 Å². The molecule has 0 aliphatic heterocycles. The van der Waals surface area contributed by atoms with Crippen molar-refractivity contribution in [3.05, 3.63) is 47.3 Å². The lowest BCUT2D eigenvalue weighted by atomic mass is 10.2. The Hall–Kier alpha value is -2.14. The van der Waals surface area contributed by atoms with E-state index in [1.807, 2.05) is 48.9 Å². The molecule has 0 spiro atoms. The second-order valence-corrected chi connectivity index (χ2v) is 6.42. The van der Waals surface area contributed by atoms with Gasteiger partial charge < -0.3 is 10.1 Å². The Labute approximate surface area is 143 Å². The quantitative estimate of drug-likeness (QED) is 0.758. The van der Waals surface area contributed by atoms with Crippen molar-refractivity contribution in [1.82, 2.24) is 15.1 Å². The van der Waals surface area contributed by atoms with Crippen LogP contribution in [0.4, 0.5) is 0 Å². The molecule has 1 saturated carbocycles. The number of nitrogens with one attached hydrogen (secondary N) is 1. The van der Waals surface area contributed by atoms with Gasteiger partial charge >= 0.3 is 0 Å². The first-order chi connectivity index (χ1) is 11.7. The maximum atomic E-state index is 12.5. The Kier molecular flexibility index (Phi) is 5.30. The fourth-order valence-corrected chi connectivity index (χ4v) is 2.79. The van der Waals surface area contributed by atoms with Crippen LogP contribution in [-0.2, 0) is 4.74 Å². The SMILES string of the molecule is Cc1nn(-c2ccccc2)c(C)c1C(=O)NCCCOCC1CC1. The number of amides is 1. The zero-order chi connectivity index (χ0) is 16.9. The van der Waals surface area contributed by atoms with Crippen LogP contribution in [0.25, 0.3) is 5.69 Å². The molecule has 3 rings (SSSR count). The summed E-state index contributed by atoms with van der Waals surface area (Å²) in [5.41, 5.74) is 3.24. The number of carbonyl (C=O) groups excluding carboxylic acids is 1. The first-order valence-corrected chi connectivity index (χ1v) is 8.64. The third-order valence-corrected chi connectivity index (χ3v) is 4.32. The van der Waals surface area contributed by atoms with Crippen LogP contribution in [-0.4, -0.2) is 35.4 Å². The molecule has 2 aromatic rings. The van der Waals surface area contributed by atoms with E-state index in [1.165, 1.54) is 12.8 Å². The van der Waals surface area contributed by atoms with E-state index < -0.39 is 0 Å². The molecule has 1 fully saturated rings. The molecule has 0 radical (unpaired) electrons. The number of rotatable bonds is 8. The number of aryl methyl sites for hydroxylation is 1. The smallest absolute Gasteiger partial charge is 0.255 e. The molecule has 128 valence electrons. The van der Waals surface area contributed by atoms with Crippen molar-refractivity contribution >= 4 is 5.91 Å². The fourth-order valence-electron chi connectivity index (χ4n) is 2.79. The maximum Gasteiger partial charge on any atom is 0.255 e. The first-order valence-electron chi connectivity index (χ1n) is 8.64. The largest absolute Gasteiger partial charge is 0.381 e. The fraction of sp³-hybridized carbons (Fsp3) is 0.474. The van der Waals surface area contributed by atoms with Gasteiger partial charge in [0, 0.05) is 19.8 Å². The van der Waals surface area contributed by atoms with Crippen LogP contribution < -0.4 is 5.32 Å². The summed E-state index contributed by atoms with van der Waals surface area (Å²) < 4.78 is 7.41. The normalized spacial score (nSPS) is 13.9. The summed E-state index contributed by atoms with van der Waals surface area (Å²) in [5, 5.41) is 7.49. The topological polar surface area (TPSA) is 56.2 Å². The Morgan fingerprint density at radius 1 is 1.29 bits per heavy atom. The van der Waals surface area contributed by atoms with Gasteiger partial charge in [0.15, 0.2) is 0 Å². The van der Waals surface area contributed by atoms with E-state index in [-0.39, 0.29) is 5.91 Å². The average Bonchev–Trinajstić information content (AvgIpc) is 3.36. The number of aromatic nitrogens is 2. The third kappa shape index (κ3) is 4.03. The molecule has 0 unspecified atom stereocenters. The van der Waals surface area contributed by atoms with Crippen LogP contribution in [0.15, 0.2) is 30.3 Å². The van der Waals surface area contributed by atoms with Gasteiger partial charge in [-0.25, -0.2) is 4.68 Å². The molecule has 0 bridgehead atoms. The lowest BCUT2D eigenvalue weighted by molar-refractivity contribution is 0.0936. The predicted octanol–water partition coefficient (Wildman–Crippen LogP) is 3.04. The first kappa shape index (κ1) is 16.7. The second kappa shape index (κ2) is 7.62. The highest BCUT2D eigenvalue weighted by Gasteiger charge is 2.21. The van der Waals surface area contributed by atoms with E-state index in [4.69, 9.17) is 4.74 Å². The van der Waals surface area contributed by atoms with Gasteiger partial charge in [0.2, 0.25) is 0 Å². The zero-order valence-corrected chi connectivity index (χ0v) is 14.4. The number of benzene rings is 1. The molecule has 1 amide bonds. The average molecular weight is 327 g/mol. The lowest BCUT2D eigenvalue weighted by Gasteiger charge is -2.07. The molecule has 1 N–H and O–H groups in total. The maximum absolute atomic E-state index is 12.5. The van der Waals surface area contributed by atoms with Crippen molar-refractivity contribution in [3.63, 3.8) is 0 Å². The molecular formula is C19H25N3O2. The Morgan fingerprint density at radius 3 is 2.75 bits per heavy atom. The van der Waals surface area contributed by atoms with Gasteiger partial charge in [-0.05, 0) is 51.2 Å². The molecule has 24 heavy (non-hydrogen) atoms. The Morgan fingerprint density at radius 2 is 2.04 bits per heavy atom. The molecular weight excluding hydrogens is 302 g/mol. The van der Waals surface area contributed by atoms with Crippen molar-refractivity contribution in [3.8, 4) is 5.69 Å². The summed E-state index contributed by atoms with van der Waals surface area (Å²) in [6.45, 7) is 6.01. The van der Waals surface area contributed by atoms with Crippen LogP contribution in [0, 0.1) is 19.8 Å². The summed E-state index contributed by atoms with van der Waals surface area (Å²) in [6, 6.07) is 9.87. The summed E-state index contributed by atoms with van der Waals surface area (Å²) in [4.78, 5) is 12.5. The minimum atomic E-state index is -0.0608. The molecule has 1 aromatic heterocycles. The van der Waals surface area contributed by atoms with E-state index in [9.17, 15) is 4.79 Å². The van der Waals surface area contributed by atoms with Gasteiger partial charge in [0.05, 0.1) is 22.6 Å². The molecule has 1 aromatic carbocycles. The van der Waals surface area contributed by atoms with Gasteiger partial charge in [-0.3, -0.25) is 4.79 Å². The van der Waals surface area contributed by atoms with Crippen molar-refractivity contribution in [2.24, 2.45) is 5.92 Å².